The molecule has 1 aliphatic rings. The molecule has 0 bridgehead atoms. The van der Waals surface area contributed by atoms with E-state index in [1.807, 2.05) is 30.3 Å². The van der Waals surface area contributed by atoms with E-state index in [-0.39, 0.29) is 19.0 Å². The Hall–Kier alpha value is -2.42. The monoisotopic (exact) mass is 390 g/mol. The highest BCUT2D eigenvalue weighted by molar-refractivity contribution is 7.88. The van der Waals surface area contributed by atoms with E-state index in [4.69, 9.17) is 4.74 Å². The summed E-state index contributed by atoms with van der Waals surface area (Å²) in [6, 6.07) is 15.8. The fraction of sp³-hybridized carbons (Fsp3) is 0.316. The minimum absolute atomic E-state index is 0.0178. The zero-order valence-electron chi connectivity index (χ0n) is 14.9. The highest BCUT2D eigenvalue weighted by atomic mass is 32.2. The molecule has 8 heteroatoms. The topological polar surface area (TPSA) is 95.9 Å². The maximum absolute atomic E-state index is 12.4. The summed E-state index contributed by atoms with van der Waals surface area (Å²) in [4.78, 5) is 12.4. The second-order valence-corrected chi connectivity index (χ2v) is 8.51. The summed E-state index contributed by atoms with van der Waals surface area (Å²) in [6.07, 6.45) is 0.148. The van der Waals surface area contributed by atoms with Gasteiger partial charge in [0.1, 0.15) is 12.4 Å². The van der Waals surface area contributed by atoms with Gasteiger partial charge in [-0.15, -0.1) is 0 Å². The van der Waals surface area contributed by atoms with Gasteiger partial charge in [0, 0.05) is 18.7 Å². The molecule has 0 saturated carbocycles. The van der Waals surface area contributed by atoms with E-state index in [0.29, 0.717) is 17.9 Å². The molecule has 7 nitrogen and oxygen atoms in total. The number of nitrogens with one attached hydrogen (secondary N) is 1. The van der Waals surface area contributed by atoms with Gasteiger partial charge in [0.2, 0.25) is 10.0 Å². The van der Waals surface area contributed by atoms with Gasteiger partial charge in [-0.1, -0.05) is 30.3 Å². The lowest BCUT2D eigenvalue weighted by Crippen LogP contribution is -2.43. The maximum Gasteiger partial charge on any atom is 0.251 e. The van der Waals surface area contributed by atoms with E-state index in [9.17, 15) is 18.3 Å². The van der Waals surface area contributed by atoms with Crippen LogP contribution in [0.3, 0.4) is 0 Å². The minimum Gasteiger partial charge on any atom is -0.489 e. The van der Waals surface area contributed by atoms with Crippen molar-refractivity contribution in [2.45, 2.75) is 18.8 Å². The number of carbonyl (C=O) groups excluding carboxylic acids is 1. The van der Waals surface area contributed by atoms with Gasteiger partial charge in [-0.05, 0) is 29.8 Å². The van der Waals surface area contributed by atoms with Crippen molar-refractivity contribution in [1.29, 1.82) is 0 Å². The number of β-amino-alcohol motifs (C(OH)–C–C–N with tert-alkyl or cyclic N) is 1. The third-order valence-electron chi connectivity index (χ3n) is 4.41. The molecular formula is C19H22N2O5S. The van der Waals surface area contributed by atoms with Gasteiger partial charge in [-0.2, -0.15) is 4.31 Å². The molecule has 1 saturated heterocycles. The summed E-state index contributed by atoms with van der Waals surface area (Å²) >= 11 is 0. The fourth-order valence-electron chi connectivity index (χ4n) is 2.86. The molecule has 1 amide bonds. The Balaban J connectivity index is 1.56. The predicted octanol–water partition coefficient (Wildman–Crippen LogP) is 1.00. The average molecular weight is 390 g/mol. The van der Waals surface area contributed by atoms with E-state index in [0.717, 1.165) is 16.1 Å². The molecule has 0 spiro atoms. The summed E-state index contributed by atoms with van der Waals surface area (Å²) in [5, 5.41) is 12.7. The van der Waals surface area contributed by atoms with Crippen LogP contribution in [0, 0.1) is 0 Å². The third-order valence-corrected chi connectivity index (χ3v) is 5.64. The molecular weight excluding hydrogens is 368 g/mol. The SMILES string of the molecule is CS(=O)(=O)N1CC(O)C(NC(=O)c2ccc(OCc3ccccc3)cc2)C1. The van der Waals surface area contributed by atoms with Crippen molar-refractivity contribution < 1.29 is 23.1 Å². The van der Waals surface area contributed by atoms with Crippen LogP contribution in [0.5, 0.6) is 5.75 Å². The molecule has 3 rings (SSSR count). The van der Waals surface area contributed by atoms with Crippen LogP contribution in [-0.4, -0.2) is 55.2 Å². The van der Waals surface area contributed by atoms with Gasteiger partial charge < -0.3 is 15.2 Å². The van der Waals surface area contributed by atoms with E-state index in [2.05, 4.69) is 5.32 Å². The first kappa shape index (κ1) is 19.3. The lowest BCUT2D eigenvalue weighted by Gasteiger charge is -2.16. The van der Waals surface area contributed by atoms with Crippen LogP contribution in [0.4, 0.5) is 0 Å². The first-order valence-electron chi connectivity index (χ1n) is 8.54. The lowest BCUT2D eigenvalue weighted by atomic mass is 10.1. The number of aliphatic hydroxyl groups excluding tert-OH is 1. The number of hydrogen-bond acceptors (Lipinski definition) is 5. The molecule has 144 valence electrons. The molecule has 2 aromatic rings. The number of benzene rings is 2. The number of nitrogens with zero attached hydrogens (tertiary/aromatic N) is 1. The van der Waals surface area contributed by atoms with Gasteiger partial charge in [0.05, 0.1) is 18.4 Å². The minimum atomic E-state index is -3.40. The number of hydrogen-bond donors (Lipinski definition) is 2. The quantitative estimate of drug-likeness (QED) is 0.767. The first-order chi connectivity index (χ1) is 12.8. The van der Waals surface area contributed by atoms with Crippen molar-refractivity contribution in [3.63, 3.8) is 0 Å². The van der Waals surface area contributed by atoms with Crippen LogP contribution < -0.4 is 10.1 Å². The van der Waals surface area contributed by atoms with Gasteiger partial charge >= 0.3 is 0 Å². The maximum atomic E-state index is 12.4. The molecule has 27 heavy (non-hydrogen) atoms. The highest BCUT2D eigenvalue weighted by Gasteiger charge is 2.36. The fourth-order valence-corrected chi connectivity index (χ4v) is 3.71. The number of aliphatic hydroxyl groups is 1. The number of amides is 1. The molecule has 1 fully saturated rings. The molecule has 0 radical (unpaired) electrons. The molecule has 2 atom stereocenters. The highest BCUT2D eigenvalue weighted by Crippen LogP contribution is 2.17. The van der Waals surface area contributed by atoms with Crippen LogP contribution in [0.2, 0.25) is 0 Å². The third kappa shape index (κ3) is 5.06. The Kier molecular flexibility index (Phi) is 5.79. The van der Waals surface area contributed by atoms with Crippen molar-refractivity contribution in [1.82, 2.24) is 9.62 Å². The largest absolute Gasteiger partial charge is 0.489 e. The van der Waals surface area contributed by atoms with E-state index >= 15 is 0 Å². The standard InChI is InChI=1S/C19H22N2O5S/c1-27(24,25)21-11-17(18(22)12-21)20-19(23)15-7-9-16(10-8-15)26-13-14-5-3-2-4-6-14/h2-10,17-18,22H,11-13H2,1H3,(H,20,23). The lowest BCUT2D eigenvalue weighted by molar-refractivity contribution is 0.0888. The number of rotatable bonds is 6. The molecule has 2 aromatic carbocycles. The molecule has 0 aliphatic carbocycles. The molecule has 1 heterocycles. The van der Waals surface area contributed by atoms with Crippen molar-refractivity contribution in [3.8, 4) is 5.75 Å². The van der Waals surface area contributed by atoms with Gasteiger partial charge in [0.25, 0.3) is 5.91 Å². The van der Waals surface area contributed by atoms with Crippen molar-refractivity contribution in [2.75, 3.05) is 19.3 Å². The van der Waals surface area contributed by atoms with Gasteiger partial charge in [-0.3, -0.25) is 4.79 Å². The Morgan fingerprint density at radius 2 is 1.81 bits per heavy atom. The van der Waals surface area contributed by atoms with Crippen molar-refractivity contribution in [2.24, 2.45) is 0 Å². The Bertz CT molecular complexity index is 884. The van der Waals surface area contributed by atoms with Crippen LogP contribution in [-0.2, 0) is 16.6 Å². The predicted molar refractivity (Wildman–Crippen MR) is 101 cm³/mol. The normalized spacial score (nSPS) is 20.4. The Morgan fingerprint density at radius 3 is 2.41 bits per heavy atom. The summed E-state index contributed by atoms with van der Waals surface area (Å²) in [7, 11) is -3.40. The van der Waals surface area contributed by atoms with Crippen LogP contribution in [0.15, 0.2) is 54.6 Å². The molecule has 1 aliphatic heterocycles. The average Bonchev–Trinajstić information content (AvgIpc) is 3.02. The van der Waals surface area contributed by atoms with Crippen molar-refractivity contribution in [3.05, 3.63) is 65.7 Å². The summed E-state index contributed by atoms with van der Waals surface area (Å²) in [5.74, 6) is 0.267. The Labute approximate surface area is 158 Å². The van der Waals surface area contributed by atoms with Crippen LogP contribution in [0.1, 0.15) is 15.9 Å². The van der Waals surface area contributed by atoms with Gasteiger partial charge in [-0.25, -0.2) is 8.42 Å². The number of carbonyl (C=O) groups is 1. The van der Waals surface area contributed by atoms with E-state index in [1.54, 1.807) is 24.3 Å². The second kappa shape index (κ2) is 8.08. The van der Waals surface area contributed by atoms with E-state index in [1.165, 1.54) is 0 Å². The Morgan fingerprint density at radius 1 is 1.15 bits per heavy atom. The van der Waals surface area contributed by atoms with Crippen molar-refractivity contribution >= 4 is 15.9 Å². The molecule has 0 aromatic heterocycles. The van der Waals surface area contributed by atoms with Crippen LogP contribution in [0.25, 0.3) is 0 Å². The zero-order valence-corrected chi connectivity index (χ0v) is 15.7. The molecule has 2 unspecified atom stereocenters. The van der Waals surface area contributed by atoms with E-state index < -0.39 is 22.2 Å². The molecule has 2 N–H and O–H groups in total. The van der Waals surface area contributed by atoms with Gasteiger partial charge in [0.15, 0.2) is 0 Å². The summed E-state index contributed by atoms with van der Waals surface area (Å²) < 4.78 is 30.0. The second-order valence-electron chi connectivity index (χ2n) is 6.53. The zero-order chi connectivity index (χ0) is 19.4. The smallest absolute Gasteiger partial charge is 0.251 e. The van der Waals surface area contributed by atoms with Crippen LogP contribution >= 0.6 is 0 Å². The number of sulfonamides is 1. The first-order valence-corrected chi connectivity index (χ1v) is 10.4. The summed E-state index contributed by atoms with van der Waals surface area (Å²) in [6.45, 7) is 0.474. The summed E-state index contributed by atoms with van der Waals surface area (Å²) in [5.41, 5.74) is 1.46. The number of ether oxygens (including phenoxy) is 1.